The van der Waals surface area contributed by atoms with Gasteiger partial charge in [-0.2, -0.15) is 0 Å². The van der Waals surface area contributed by atoms with Crippen molar-refractivity contribution in [1.29, 1.82) is 0 Å². The normalized spacial score (nSPS) is 15.8. The Morgan fingerprint density at radius 1 is 1.45 bits per heavy atom. The molecule has 110 valence electrons. The molecular formula is C13H21N5O2. The molecule has 0 fully saturated rings. The first-order valence-corrected chi connectivity index (χ1v) is 6.88. The predicted molar refractivity (Wildman–Crippen MR) is 73.4 cm³/mol. The number of nitrogens with zero attached hydrogens (tertiary/aromatic N) is 3. The summed E-state index contributed by atoms with van der Waals surface area (Å²) in [5.74, 6) is 0.317. The highest BCUT2D eigenvalue weighted by molar-refractivity contribution is 5.82. The molecule has 7 nitrogen and oxygen atoms in total. The number of nitrogens with two attached hydrogens (primary N) is 2. The number of aromatic nitrogens is 2. The molecule has 0 aliphatic carbocycles. The Balaban J connectivity index is 1.97. The molecule has 0 saturated heterocycles. The highest BCUT2D eigenvalue weighted by Crippen LogP contribution is 2.14. The molecule has 20 heavy (non-hydrogen) atoms. The number of amides is 2. The monoisotopic (exact) mass is 279 g/mol. The third-order valence-corrected chi connectivity index (χ3v) is 3.55. The summed E-state index contributed by atoms with van der Waals surface area (Å²) in [7, 11) is 0. The van der Waals surface area contributed by atoms with E-state index in [0.29, 0.717) is 19.5 Å². The fraction of sp³-hybridized carbons (Fsp3) is 0.615. The van der Waals surface area contributed by atoms with Crippen molar-refractivity contribution in [2.24, 2.45) is 11.5 Å². The maximum atomic E-state index is 12.2. The van der Waals surface area contributed by atoms with Crippen molar-refractivity contribution in [2.75, 3.05) is 6.54 Å². The van der Waals surface area contributed by atoms with Gasteiger partial charge in [0.05, 0.1) is 18.3 Å². The minimum Gasteiger partial charge on any atom is -0.370 e. The summed E-state index contributed by atoms with van der Waals surface area (Å²) >= 11 is 0. The van der Waals surface area contributed by atoms with Gasteiger partial charge < -0.3 is 20.9 Å². The van der Waals surface area contributed by atoms with Gasteiger partial charge in [0.15, 0.2) is 0 Å². The molecule has 0 unspecified atom stereocenters. The van der Waals surface area contributed by atoms with Gasteiger partial charge in [0, 0.05) is 25.7 Å². The third-order valence-electron chi connectivity index (χ3n) is 3.55. The minimum atomic E-state index is -0.672. The van der Waals surface area contributed by atoms with E-state index in [2.05, 4.69) is 16.5 Å². The molecule has 0 radical (unpaired) electrons. The Bertz CT molecular complexity index is 511. The summed E-state index contributed by atoms with van der Waals surface area (Å²) in [6.07, 6.45) is 3.34. The van der Waals surface area contributed by atoms with Crippen molar-refractivity contribution >= 4 is 11.8 Å². The molecule has 1 atom stereocenters. The molecule has 0 bridgehead atoms. The number of carbonyl (C=O) groups excluding carboxylic acids is 2. The van der Waals surface area contributed by atoms with Gasteiger partial charge in [-0.25, -0.2) is 4.98 Å². The van der Waals surface area contributed by atoms with E-state index < -0.39 is 11.9 Å². The van der Waals surface area contributed by atoms with E-state index >= 15 is 0 Å². The molecule has 2 amide bonds. The first kappa shape index (κ1) is 14.5. The summed E-state index contributed by atoms with van der Waals surface area (Å²) in [5, 5.41) is 0. The van der Waals surface area contributed by atoms with Crippen LogP contribution in [0.5, 0.6) is 0 Å². The van der Waals surface area contributed by atoms with E-state index in [1.54, 1.807) is 4.90 Å². The van der Waals surface area contributed by atoms with Crippen LogP contribution in [0.4, 0.5) is 0 Å². The predicted octanol–water partition coefficient (Wildman–Crippen LogP) is -0.619. The van der Waals surface area contributed by atoms with Gasteiger partial charge in [-0.3, -0.25) is 9.59 Å². The Labute approximate surface area is 117 Å². The molecule has 4 N–H and O–H groups in total. The van der Waals surface area contributed by atoms with E-state index in [-0.39, 0.29) is 12.3 Å². The molecule has 0 spiro atoms. The average Bonchev–Trinajstić information content (AvgIpc) is 2.85. The second-order valence-electron chi connectivity index (χ2n) is 5.07. The molecule has 1 aromatic heterocycles. The van der Waals surface area contributed by atoms with Crippen LogP contribution in [0, 0.1) is 0 Å². The average molecular weight is 279 g/mol. The highest BCUT2D eigenvalue weighted by atomic mass is 16.2. The van der Waals surface area contributed by atoms with Crippen molar-refractivity contribution in [2.45, 2.75) is 45.3 Å². The maximum absolute atomic E-state index is 12.2. The number of primary amides is 1. The number of fused-ring (bicyclic) bond motifs is 1. The van der Waals surface area contributed by atoms with Crippen molar-refractivity contribution in [3.8, 4) is 0 Å². The quantitative estimate of drug-likeness (QED) is 0.749. The van der Waals surface area contributed by atoms with Crippen LogP contribution in [0.1, 0.15) is 31.3 Å². The van der Waals surface area contributed by atoms with Crippen LogP contribution in [0.2, 0.25) is 0 Å². The summed E-state index contributed by atoms with van der Waals surface area (Å²) in [6, 6.07) is -0.672. The highest BCUT2D eigenvalue weighted by Gasteiger charge is 2.26. The van der Waals surface area contributed by atoms with Gasteiger partial charge in [0.25, 0.3) is 0 Å². The fourth-order valence-electron chi connectivity index (χ4n) is 2.33. The van der Waals surface area contributed by atoms with Crippen LogP contribution in [-0.2, 0) is 29.1 Å². The van der Waals surface area contributed by atoms with Crippen LogP contribution in [0.25, 0.3) is 0 Å². The molecule has 1 aromatic rings. The molecule has 0 aromatic carbocycles. The maximum Gasteiger partial charge on any atom is 0.239 e. The van der Waals surface area contributed by atoms with Crippen molar-refractivity contribution in [1.82, 2.24) is 14.5 Å². The number of carbonyl (C=O) groups is 2. The van der Waals surface area contributed by atoms with Gasteiger partial charge in [0.2, 0.25) is 11.8 Å². The van der Waals surface area contributed by atoms with Crippen molar-refractivity contribution in [3.63, 3.8) is 0 Å². The van der Waals surface area contributed by atoms with Gasteiger partial charge in [0.1, 0.15) is 5.82 Å². The zero-order valence-corrected chi connectivity index (χ0v) is 11.7. The minimum absolute atomic E-state index is 0.134. The smallest absolute Gasteiger partial charge is 0.239 e. The van der Waals surface area contributed by atoms with Gasteiger partial charge in [-0.05, 0) is 12.8 Å². The van der Waals surface area contributed by atoms with Crippen molar-refractivity contribution in [3.05, 3.63) is 17.7 Å². The Kier molecular flexibility index (Phi) is 4.39. The third kappa shape index (κ3) is 3.16. The SMILES string of the molecule is CCc1cn2c(n1)CN(C(=O)[C@@H](N)CCC(N)=O)CC2. The topological polar surface area (TPSA) is 107 Å². The van der Waals surface area contributed by atoms with Gasteiger partial charge in [-0.15, -0.1) is 0 Å². The van der Waals surface area contributed by atoms with Crippen LogP contribution in [-0.4, -0.2) is 38.9 Å². The Morgan fingerprint density at radius 3 is 2.85 bits per heavy atom. The van der Waals surface area contributed by atoms with E-state index in [1.165, 1.54) is 0 Å². The summed E-state index contributed by atoms with van der Waals surface area (Å²) in [5.41, 5.74) is 11.9. The van der Waals surface area contributed by atoms with Crippen LogP contribution in [0.15, 0.2) is 6.20 Å². The van der Waals surface area contributed by atoms with E-state index in [4.69, 9.17) is 11.5 Å². The molecular weight excluding hydrogens is 258 g/mol. The van der Waals surface area contributed by atoms with Crippen LogP contribution < -0.4 is 11.5 Å². The second kappa shape index (κ2) is 6.04. The zero-order chi connectivity index (χ0) is 14.7. The standard InChI is InChI=1S/C13H21N5O2/c1-2-9-7-17-5-6-18(8-12(17)16-9)13(20)10(14)3-4-11(15)19/h7,10H,2-6,8,14H2,1H3,(H2,15,19)/t10-/m0/s1. The van der Waals surface area contributed by atoms with E-state index in [9.17, 15) is 9.59 Å². The van der Waals surface area contributed by atoms with E-state index in [1.807, 2.05) is 6.20 Å². The lowest BCUT2D eigenvalue weighted by molar-refractivity contribution is -0.134. The summed E-state index contributed by atoms with van der Waals surface area (Å²) in [4.78, 5) is 29.1. The lowest BCUT2D eigenvalue weighted by Gasteiger charge is -2.29. The van der Waals surface area contributed by atoms with Crippen molar-refractivity contribution < 1.29 is 9.59 Å². The fourth-order valence-corrected chi connectivity index (χ4v) is 2.33. The number of hydrogen-bond acceptors (Lipinski definition) is 4. The molecule has 2 rings (SSSR count). The first-order chi connectivity index (χ1) is 9.51. The Hall–Kier alpha value is -1.89. The zero-order valence-electron chi connectivity index (χ0n) is 11.7. The molecule has 1 aliphatic heterocycles. The van der Waals surface area contributed by atoms with Gasteiger partial charge >= 0.3 is 0 Å². The van der Waals surface area contributed by atoms with Crippen LogP contribution in [0.3, 0.4) is 0 Å². The molecule has 2 heterocycles. The molecule has 0 saturated carbocycles. The van der Waals surface area contributed by atoms with Gasteiger partial charge in [-0.1, -0.05) is 6.92 Å². The molecule has 1 aliphatic rings. The Morgan fingerprint density at radius 2 is 2.20 bits per heavy atom. The number of aryl methyl sites for hydroxylation is 1. The lowest BCUT2D eigenvalue weighted by Crippen LogP contribution is -2.47. The summed E-state index contributed by atoms with van der Waals surface area (Å²) < 4.78 is 2.08. The van der Waals surface area contributed by atoms with Crippen LogP contribution >= 0.6 is 0 Å². The second-order valence-corrected chi connectivity index (χ2v) is 5.07. The van der Waals surface area contributed by atoms with E-state index in [0.717, 1.165) is 24.5 Å². The largest absolute Gasteiger partial charge is 0.370 e. The number of rotatable bonds is 5. The number of hydrogen-bond donors (Lipinski definition) is 2. The first-order valence-electron chi connectivity index (χ1n) is 6.88. The number of imidazole rings is 1. The summed E-state index contributed by atoms with van der Waals surface area (Å²) in [6.45, 7) is 3.88. The molecule has 7 heteroatoms. The lowest BCUT2D eigenvalue weighted by atomic mass is 10.1.